The van der Waals surface area contributed by atoms with Crippen LogP contribution in [0.5, 0.6) is 11.5 Å². The molecule has 0 radical (unpaired) electrons. The number of aromatic nitrogens is 1. The van der Waals surface area contributed by atoms with Gasteiger partial charge in [-0.05, 0) is 55.5 Å². The summed E-state index contributed by atoms with van der Waals surface area (Å²) in [4.78, 5) is 15.9. The van der Waals surface area contributed by atoms with E-state index in [4.69, 9.17) is 4.74 Å². The third-order valence-electron chi connectivity index (χ3n) is 3.31. The van der Waals surface area contributed by atoms with E-state index in [0.29, 0.717) is 11.3 Å². The van der Waals surface area contributed by atoms with Gasteiger partial charge >= 0.3 is 0 Å². The van der Waals surface area contributed by atoms with Gasteiger partial charge in [0, 0.05) is 23.6 Å². The van der Waals surface area contributed by atoms with Crippen LogP contribution in [0.15, 0.2) is 73.1 Å². The van der Waals surface area contributed by atoms with E-state index in [0.717, 1.165) is 11.5 Å². The highest BCUT2D eigenvalue weighted by Gasteiger charge is 2.05. The summed E-state index contributed by atoms with van der Waals surface area (Å²) >= 11 is 0. The van der Waals surface area contributed by atoms with Crippen molar-refractivity contribution in [2.75, 3.05) is 5.32 Å². The van der Waals surface area contributed by atoms with Crippen molar-refractivity contribution in [2.45, 2.75) is 6.92 Å². The van der Waals surface area contributed by atoms with E-state index in [1.54, 1.807) is 24.5 Å². The lowest BCUT2D eigenvalue weighted by molar-refractivity contribution is 0.102. The second kappa shape index (κ2) is 6.75. The summed E-state index contributed by atoms with van der Waals surface area (Å²) in [5, 5.41) is 2.83. The Labute approximate surface area is 134 Å². The van der Waals surface area contributed by atoms with E-state index in [1.165, 1.54) is 5.56 Å². The summed E-state index contributed by atoms with van der Waals surface area (Å²) in [6.07, 6.45) is 3.18. The summed E-state index contributed by atoms with van der Waals surface area (Å²) in [5.74, 6) is 1.33. The molecule has 0 spiro atoms. The van der Waals surface area contributed by atoms with E-state index in [1.807, 2.05) is 55.5 Å². The molecule has 1 N–H and O–H groups in total. The van der Waals surface area contributed by atoms with Crippen LogP contribution in [-0.4, -0.2) is 10.9 Å². The maximum Gasteiger partial charge on any atom is 0.255 e. The molecular formula is C19H16N2O2. The fourth-order valence-electron chi connectivity index (χ4n) is 2.06. The minimum atomic E-state index is -0.167. The van der Waals surface area contributed by atoms with E-state index < -0.39 is 0 Å². The third-order valence-corrected chi connectivity index (χ3v) is 3.31. The zero-order valence-corrected chi connectivity index (χ0v) is 12.7. The Morgan fingerprint density at radius 1 is 0.870 bits per heavy atom. The minimum Gasteiger partial charge on any atom is -0.457 e. The van der Waals surface area contributed by atoms with Gasteiger partial charge in [0.25, 0.3) is 5.91 Å². The highest BCUT2D eigenvalue weighted by Crippen LogP contribution is 2.23. The highest BCUT2D eigenvalue weighted by molar-refractivity contribution is 6.04. The van der Waals surface area contributed by atoms with Crippen LogP contribution in [0.25, 0.3) is 0 Å². The number of carbonyl (C=O) groups excluding carboxylic acids is 1. The second-order valence-corrected chi connectivity index (χ2v) is 5.13. The number of nitrogens with one attached hydrogen (secondary N) is 1. The van der Waals surface area contributed by atoms with Gasteiger partial charge in [-0.15, -0.1) is 0 Å². The number of hydrogen-bond acceptors (Lipinski definition) is 3. The predicted octanol–water partition coefficient (Wildman–Crippen LogP) is 4.43. The predicted molar refractivity (Wildman–Crippen MR) is 89.9 cm³/mol. The number of carbonyl (C=O) groups is 1. The van der Waals surface area contributed by atoms with Crippen LogP contribution in [0.4, 0.5) is 5.69 Å². The van der Waals surface area contributed by atoms with Crippen molar-refractivity contribution in [1.29, 1.82) is 0 Å². The van der Waals surface area contributed by atoms with Crippen molar-refractivity contribution >= 4 is 11.6 Å². The lowest BCUT2D eigenvalue weighted by Crippen LogP contribution is -2.11. The molecular weight excluding hydrogens is 288 g/mol. The van der Waals surface area contributed by atoms with Crippen molar-refractivity contribution in [2.24, 2.45) is 0 Å². The molecule has 0 bridgehead atoms. The Hall–Kier alpha value is -3.14. The van der Waals surface area contributed by atoms with Crippen LogP contribution >= 0.6 is 0 Å². The van der Waals surface area contributed by atoms with Gasteiger partial charge in [-0.3, -0.25) is 9.78 Å². The number of amides is 1. The standard InChI is InChI=1S/C19H16N2O2/c1-14-2-6-17(7-3-14)23-18-8-4-16(5-9-18)21-19(22)15-10-12-20-13-11-15/h2-13H,1H3,(H,21,22). The monoisotopic (exact) mass is 304 g/mol. The number of aryl methyl sites for hydroxylation is 1. The molecule has 114 valence electrons. The zero-order chi connectivity index (χ0) is 16.1. The maximum absolute atomic E-state index is 12.1. The van der Waals surface area contributed by atoms with Crippen LogP contribution in [0.2, 0.25) is 0 Å². The van der Waals surface area contributed by atoms with Crippen molar-refractivity contribution in [3.63, 3.8) is 0 Å². The van der Waals surface area contributed by atoms with Gasteiger partial charge in [0.15, 0.2) is 0 Å². The third kappa shape index (κ3) is 3.95. The van der Waals surface area contributed by atoms with Gasteiger partial charge < -0.3 is 10.1 Å². The Bertz CT molecular complexity index is 782. The molecule has 1 amide bonds. The zero-order valence-electron chi connectivity index (χ0n) is 12.7. The number of pyridine rings is 1. The smallest absolute Gasteiger partial charge is 0.255 e. The van der Waals surface area contributed by atoms with Crippen molar-refractivity contribution in [3.8, 4) is 11.5 Å². The molecule has 1 heterocycles. The van der Waals surface area contributed by atoms with Gasteiger partial charge in [-0.2, -0.15) is 0 Å². The molecule has 0 saturated carbocycles. The van der Waals surface area contributed by atoms with E-state index in [2.05, 4.69) is 10.3 Å². The first-order valence-electron chi connectivity index (χ1n) is 7.27. The largest absolute Gasteiger partial charge is 0.457 e. The SMILES string of the molecule is Cc1ccc(Oc2ccc(NC(=O)c3ccncc3)cc2)cc1. The highest BCUT2D eigenvalue weighted by atomic mass is 16.5. The molecule has 1 aromatic heterocycles. The molecule has 0 fully saturated rings. The lowest BCUT2D eigenvalue weighted by Gasteiger charge is -2.08. The Kier molecular flexibility index (Phi) is 4.34. The van der Waals surface area contributed by atoms with Crippen LogP contribution in [-0.2, 0) is 0 Å². The van der Waals surface area contributed by atoms with Crippen LogP contribution in [0.3, 0.4) is 0 Å². The fraction of sp³-hybridized carbons (Fsp3) is 0.0526. The second-order valence-electron chi connectivity index (χ2n) is 5.13. The maximum atomic E-state index is 12.1. The van der Waals surface area contributed by atoms with E-state index in [-0.39, 0.29) is 5.91 Å². The Morgan fingerprint density at radius 2 is 1.43 bits per heavy atom. The van der Waals surface area contributed by atoms with Crippen LogP contribution in [0, 0.1) is 6.92 Å². The Balaban J connectivity index is 1.65. The molecule has 0 saturated heterocycles. The normalized spacial score (nSPS) is 10.1. The fourth-order valence-corrected chi connectivity index (χ4v) is 2.06. The summed E-state index contributed by atoms with van der Waals surface area (Å²) in [6, 6.07) is 18.4. The molecule has 2 aromatic carbocycles. The van der Waals surface area contributed by atoms with E-state index >= 15 is 0 Å². The molecule has 4 heteroatoms. The molecule has 0 aliphatic rings. The van der Waals surface area contributed by atoms with Gasteiger partial charge in [0.2, 0.25) is 0 Å². The van der Waals surface area contributed by atoms with Gasteiger partial charge in [0.1, 0.15) is 11.5 Å². The summed E-state index contributed by atoms with van der Waals surface area (Å²) < 4.78 is 5.76. The molecule has 3 rings (SSSR count). The molecule has 23 heavy (non-hydrogen) atoms. The first-order chi connectivity index (χ1) is 11.2. The number of hydrogen-bond donors (Lipinski definition) is 1. The molecule has 0 atom stereocenters. The molecule has 0 aliphatic heterocycles. The summed E-state index contributed by atoms with van der Waals surface area (Å²) in [5.41, 5.74) is 2.47. The number of benzene rings is 2. The lowest BCUT2D eigenvalue weighted by atomic mass is 10.2. The van der Waals surface area contributed by atoms with Crippen LogP contribution in [0.1, 0.15) is 15.9 Å². The first-order valence-corrected chi connectivity index (χ1v) is 7.27. The number of ether oxygens (including phenoxy) is 1. The molecule has 3 aromatic rings. The summed E-state index contributed by atoms with van der Waals surface area (Å²) in [6.45, 7) is 2.03. The average Bonchev–Trinajstić information content (AvgIpc) is 2.59. The number of rotatable bonds is 4. The van der Waals surface area contributed by atoms with Gasteiger partial charge in [0.05, 0.1) is 0 Å². The average molecular weight is 304 g/mol. The molecule has 0 unspecified atom stereocenters. The van der Waals surface area contributed by atoms with Gasteiger partial charge in [-0.1, -0.05) is 17.7 Å². The van der Waals surface area contributed by atoms with E-state index in [9.17, 15) is 4.79 Å². The van der Waals surface area contributed by atoms with Crippen molar-refractivity contribution < 1.29 is 9.53 Å². The number of anilines is 1. The van der Waals surface area contributed by atoms with Gasteiger partial charge in [-0.25, -0.2) is 0 Å². The molecule has 4 nitrogen and oxygen atoms in total. The van der Waals surface area contributed by atoms with Crippen molar-refractivity contribution in [1.82, 2.24) is 4.98 Å². The van der Waals surface area contributed by atoms with Crippen LogP contribution < -0.4 is 10.1 Å². The summed E-state index contributed by atoms with van der Waals surface area (Å²) in [7, 11) is 0. The number of nitrogens with zero attached hydrogens (tertiary/aromatic N) is 1. The molecule has 0 aliphatic carbocycles. The Morgan fingerprint density at radius 3 is 2.04 bits per heavy atom. The first kappa shape index (κ1) is 14.8. The topological polar surface area (TPSA) is 51.2 Å². The van der Waals surface area contributed by atoms with Crippen molar-refractivity contribution in [3.05, 3.63) is 84.2 Å². The quantitative estimate of drug-likeness (QED) is 0.775. The minimum absolute atomic E-state index is 0.167.